The Hall–Kier alpha value is -1.31. The Morgan fingerprint density at radius 2 is 1.95 bits per heavy atom. The Bertz CT molecular complexity index is 437. The molecule has 0 amide bonds. The summed E-state index contributed by atoms with van der Waals surface area (Å²) in [6.07, 6.45) is 5.44. The van der Waals surface area contributed by atoms with Gasteiger partial charge >= 0.3 is 0 Å². The van der Waals surface area contributed by atoms with Crippen LogP contribution in [-0.2, 0) is 11.2 Å². The first-order chi connectivity index (χ1) is 10.2. The van der Waals surface area contributed by atoms with Gasteiger partial charge in [-0.15, -0.1) is 0 Å². The molecule has 118 valence electrons. The Kier molecular flexibility index (Phi) is 8.11. The van der Waals surface area contributed by atoms with Gasteiger partial charge in [0.1, 0.15) is 11.5 Å². The maximum atomic E-state index is 11.6. The highest BCUT2D eigenvalue weighted by Crippen LogP contribution is 2.31. The fourth-order valence-corrected chi connectivity index (χ4v) is 2.69. The monoisotopic (exact) mass is 290 g/mol. The molecule has 1 aromatic carbocycles. The third-order valence-corrected chi connectivity index (χ3v) is 4.07. The van der Waals surface area contributed by atoms with Gasteiger partial charge in [0.15, 0.2) is 0 Å². The first-order valence-electron chi connectivity index (χ1n) is 8.43. The summed E-state index contributed by atoms with van der Waals surface area (Å²) in [5.74, 6) is 1.82. The molecule has 0 fully saturated rings. The molecule has 1 rings (SSSR count). The Morgan fingerprint density at radius 3 is 2.52 bits per heavy atom. The van der Waals surface area contributed by atoms with E-state index < -0.39 is 0 Å². The number of ether oxygens (including phenoxy) is 1. The number of hydrogen-bond donors (Lipinski definition) is 0. The van der Waals surface area contributed by atoms with E-state index in [4.69, 9.17) is 4.74 Å². The van der Waals surface area contributed by atoms with Crippen LogP contribution >= 0.6 is 0 Å². The average Bonchev–Trinajstić information content (AvgIpc) is 2.53. The molecular formula is C19H30O2. The molecule has 2 nitrogen and oxygen atoms in total. The number of carbonyl (C=O) groups is 1. The van der Waals surface area contributed by atoms with Crippen LogP contribution in [0.5, 0.6) is 5.75 Å². The zero-order valence-electron chi connectivity index (χ0n) is 14.1. The summed E-state index contributed by atoms with van der Waals surface area (Å²) in [6, 6.07) is 6.46. The molecule has 21 heavy (non-hydrogen) atoms. The quantitative estimate of drug-likeness (QED) is 0.585. The van der Waals surface area contributed by atoms with E-state index in [1.807, 2.05) is 6.92 Å². The summed E-state index contributed by atoms with van der Waals surface area (Å²) in [6.45, 7) is 9.23. The van der Waals surface area contributed by atoms with Gasteiger partial charge < -0.3 is 4.74 Å². The van der Waals surface area contributed by atoms with Gasteiger partial charge in [0.05, 0.1) is 6.61 Å². The molecule has 0 bridgehead atoms. The standard InChI is InChI=1S/C19H30O2/c1-5-13-21-18-11-12-19(16(7-3)14-18)15(6-2)9-10-17(20)8-4/h11-12,14-15H,5-10,13H2,1-4H3. The zero-order valence-corrected chi connectivity index (χ0v) is 14.1. The molecule has 0 radical (unpaired) electrons. The van der Waals surface area contributed by atoms with Gasteiger partial charge in [-0.2, -0.15) is 0 Å². The number of aryl methyl sites for hydroxylation is 1. The molecule has 2 heteroatoms. The fourth-order valence-electron chi connectivity index (χ4n) is 2.69. The molecule has 1 atom stereocenters. The number of hydrogen-bond acceptors (Lipinski definition) is 2. The van der Waals surface area contributed by atoms with Crippen LogP contribution in [0.15, 0.2) is 18.2 Å². The fraction of sp³-hybridized carbons (Fsp3) is 0.632. The van der Waals surface area contributed by atoms with Gasteiger partial charge in [0.2, 0.25) is 0 Å². The molecule has 1 unspecified atom stereocenters. The van der Waals surface area contributed by atoms with E-state index in [2.05, 4.69) is 39.0 Å². The van der Waals surface area contributed by atoms with Crippen molar-refractivity contribution in [2.75, 3.05) is 6.61 Å². The molecule has 0 aliphatic rings. The molecule has 0 heterocycles. The molecule has 0 spiro atoms. The van der Waals surface area contributed by atoms with Crippen LogP contribution in [0.4, 0.5) is 0 Å². The maximum Gasteiger partial charge on any atom is 0.132 e. The van der Waals surface area contributed by atoms with Crippen LogP contribution in [0.2, 0.25) is 0 Å². The highest BCUT2D eigenvalue weighted by atomic mass is 16.5. The molecule has 0 aliphatic heterocycles. The van der Waals surface area contributed by atoms with Crippen LogP contribution in [0.3, 0.4) is 0 Å². The van der Waals surface area contributed by atoms with Gasteiger partial charge in [-0.3, -0.25) is 4.79 Å². The summed E-state index contributed by atoms with van der Waals surface area (Å²) >= 11 is 0. The number of carbonyl (C=O) groups excluding carboxylic acids is 1. The van der Waals surface area contributed by atoms with Crippen LogP contribution in [-0.4, -0.2) is 12.4 Å². The lowest BCUT2D eigenvalue weighted by atomic mass is 9.87. The van der Waals surface area contributed by atoms with Crippen LogP contribution in [0, 0.1) is 0 Å². The van der Waals surface area contributed by atoms with Crippen LogP contribution < -0.4 is 4.74 Å². The Morgan fingerprint density at radius 1 is 1.19 bits per heavy atom. The van der Waals surface area contributed by atoms with Gasteiger partial charge in [0.25, 0.3) is 0 Å². The van der Waals surface area contributed by atoms with E-state index in [1.165, 1.54) is 11.1 Å². The Labute approximate surface area is 129 Å². The molecule has 1 aromatic rings. The topological polar surface area (TPSA) is 26.3 Å². The van der Waals surface area contributed by atoms with E-state index in [9.17, 15) is 4.79 Å². The van der Waals surface area contributed by atoms with Gasteiger partial charge in [-0.05, 0) is 54.9 Å². The third-order valence-electron chi connectivity index (χ3n) is 4.07. The van der Waals surface area contributed by atoms with Crippen molar-refractivity contribution in [2.45, 2.75) is 72.1 Å². The van der Waals surface area contributed by atoms with Crippen molar-refractivity contribution in [1.82, 2.24) is 0 Å². The highest BCUT2D eigenvalue weighted by Gasteiger charge is 2.15. The smallest absolute Gasteiger partial charge is 0.132 e. The molecular weight excluding hydrogens is 260 g/mol. The summed E-state index contributed by atoms with van der Waals surface area (Å²) in [7, 11) is 0. The average molecular weight is 290 g/mol. The van der Waals surface area contributed by atoms with Crippen molar-refractivity contribution in [1.29, 1.82) is 0 Å². The van der Waals surface area contributed by atoms with Gasteiger partial charge in [0, 0.05) is 12.8 Å². The summed E-state index contributed by atoms with van der Waals surface area (Å²) in [5.41, 5.74) is 2.76. The normalized spacial score (nSPS) is 12.2. The number of Topliss-reactive ketones (excluding diaryl/α,β-unsaturated/α-hetero) is 1. The van der Waals surface area contributed by atoms with Crippen molar-refractivity contribution in [3.8, 4) is 5.75 Å². The van der Waals surface area contributed by atoms with Crippen molar-refractivity contribution in [3.63, 3.8) is 0 Å². The number of benzene rings is 1. The SMILES string of the molecule is CCCOc1ccc(C(CC)CCC(=O)CC)c(CC)c1. The van der Waals surface area contributed by atoms with E-state index in [0.717, 1.165) is 38.0 Å². The maximum absolute atomic E-state index is 11.6. The third kappa shape index (κ3) is 5.53. The van der Waals surface area contributed by atoms with Crippen LogP contribution in [0.25, 0.3) is 0 Å². The first kappa shape index (κ1) is 17.7. The first-order valence-corrected chi connectivity index (χ1v) is 8.43. The molecule has 0 aromatic heterocycles. The molecule has 0 aliphatic carbocycles. The lowest BCUT2D eigenvalue weighted by molar-refractivity contribution is -0.118. The van der Waals surface area contributed by atoms with E-state index in [0.29, 0.717) is 24.5 Å². The summed E-state index contributed by atoms with van der Waals surface area (Å²) in [4.78, 5) is 11.6. The lowest BCUT2D eigenvalue weighted by Gasteiger charge is -2.19. The largest absolute Gasteiger partial charge is 0.494 e. The van der Waals surface area contributed by atoms with Gasteiger partial charge in [-0.25, -0.2) is 0 Å². The minimum Gasteiger partial charge on any atom is -0.494 e. The predicted molar refractivity (Wildman–Crippen MR) is 89.2 cm³/mol. The summed E-state index contributed by atoms with van der Waals surface area (Å²) < 4.78 is 5.73. The van der Waals surface area contributed by atoms with E-state index in [-0.39, 0.29) is 0 Å². The number of rotatable bonds is 10. The zero-order chi connectivity index (χ0) is 15.7. The molecule has 0 saturated carbocycles. The van der Waals surface area contributed by atoms with Crippen molar-refractivity contribution >= 4 is 5.78 Å². The second kappa shape index (κ2) is 9.59. The Balaban J connectivity index is 2.84. The summed E-state index contributed by atoms with van der Waals surface area (Å²) in [5, 5.41) is 0. The van der Waals surface area contributed by atoms with Crippen molar-refractivity contribution in [3.05, 3.63) is 29.3 Å². The predicted octanol–water partition coefficient (Wildman–Crippen LogP) is 5.29. The second-order valence-electron chi connectivity index (χ2n) is 5.60. The minimum absolute atomic E-state index is 0.370. The van der Waals surface area contributed by atoms with Crippen LogP contribution in [0.1, 0.15) is 76.8 Å². The lowest BCUT2D eigenvalue weighted by Crippen LogP contribution is -2.06. The van der Waals surface area contributed by atoms with Gasteiger partial charge in [-0.1, -0.05) is 33.8 Å². The van der Waals surface area contributed by atoms with Crippen molar-refractivity contribution < 1.29 is 9.53 Å². The molecule has 0 saturated heterocycles. The van der Waals surface area contributed by atoms with E-state index >= 15 is 0 Å². The number of ketones is 1. The second-order valence-corrected chi connectivity index (χ2v) is 5.60. The molecule has 0 N–H and O–H groups in total. The van der Waals surface area contributed by atoms with E-state index in [1.54, 1.807) is 0 Å². The van der Waals surface area contributed by atoms with Crippen molar-refractivity contribution in [2.24, 2.45) is 0 Å². The minimum atomic E-state index is 0.370. The highest BCUT2D eigenvalue weighted by molar-refractivity contribution is 5.78.